The number of rotatable bonds is 9. The van der Waals surface area contributed by atoms with E-state index in [9.17, 15) is 8.42 Å². The first-order valence-electron chi connectivity index (χ1n) is 11.4. The smallest absolute Gasteiger partial charge is 0.216 e. The fourth-order valence-corrected chi connectivity index (χ4v) is 5.03. The van der Waals surface area contributed by atoms with Crippen LogP contribution < -0.4 is 5.32 Å². The lowest BCUT2D eigenvalue weighted by Crippen LogP contribution is -2.54. The highest BCUT2D eigenvalue weighted by atomic mass is 127. The van der Waals surface area contributed by atoms with E-state index >= 15 is 0 Å². The van der Waals surface area contributed by atoms with Gasteiger partial charge in [0, 0.05) is 52.4 Å². The number of nitrogens with zero attached hydrogens (tertiary/aromatic N) is 5. The molecule has 0 unspecified atom stereocenters. The third kappa shape index (κ3) is 10.5. The molecule has 0 amide bonds. The number of ether oxygens (including phenoxy) is 1. The Balaban J connectivity index is 0.00000480. The fourth-order valence-electron chi connectivity index (χ4n) is 3.74. The van der Waals surface area contributed by atoms with Crippen LogP contribution in [0.2, 0.25) is 0 Å². The van der Waals surface area contributed by atoms with Crippen molar-refractivity contribution >= 4 is 40.0 Å². The van der Waals surface area contributed by atoms with Crippen LogP contribution in [0.25, 0.3) is 0 Å². The molecule has 31 heavy (non-hydrogen) atoms. The molecule has 0 aromatic carbocycles. The van der Waals surface area contributed by atoms with E-state index in [4.69, 9.17) is 9.73 Å². The molecule has 0 aromatic heterocycles. The van der Waals surface area contributed by atoms with Crippen LogP contribution in [0.5, 0.6) is 0 Å². The van der Waals surface area contributed by atoms with Crippen molar-refractivity contribution in [1.82, 2.24) is 24.3 Å². The van der Waals surface area contributed by atoms with Crippen molar-refractivity contribution in [2.45, 2.75) is 33.3 Å². The zero-order chi connectivity index (χ0) is 22.0. The minimum Gasteiger partial charge on any atom is -0.378 e. The molecule has 2 rings (SSSR count). The molecule has 0 bridgehead atoms. The quantitative estimate of drug-likeness (QED) is 0.245. The Morgan fingerprint density at radius 2 is 1.77 bits per heavy atom. The summed E-state index contributed by atoms with van der Waals surface area (Å²) in [7, 11) is -1.09. The van der Waals surface area contributed by atoms with Gasteiger partial charge in [-0.05, 0) is 47.3 Å². The zero-order valence-corrected chi connectivity index (χ0v) is 22.9. The van der Waals surface area contributed by atoms with Crippen molar-refractivity contribution < 1.29 is 13.2 Å². The van der Waals surface area contributed by atoms with Gasteiger partial charge in [-0.15, -0.1) is 24.0 Å². The Labute approximate surface area is 206 Å². The average Bonchev–Trinajstić information content (AvgIpc) is 2.91. The topological polar surface area (TPSA) is 80.7 Å². The normalized spacial score (nSPS) is 20.5. The third-order valence-electron chi connectivity index (χ3n) is 5.55. The molecule has 2 heterocycles. The second-order valence-corrected chi connectivity index (χ2v) is 10.4. The molecule has 0 saturated carbocycles. The van der Waals surface area contributed by atoms with Gasteiger partial charge < -0.3 is 24.8 Å². The van der Waals surface area contributed by atoms with Gasteiger partial charge in [-0.2, -0.15) is 4.31 Å². The number of guanidine groups is 1. The molecular formula is C20H43IN6O3S. The van der Waals surface area contributed by atoms with Crippen LogP contribution in [-0.2, 0) is 14.8 Å². The number of halogens is 1. The van der Waals surface area contributed by atoms with Gasteiger partial charge in [0.15, 0.2) is 5.96 Å². The van der Waals surface area contributed by atoms with Crippen molar-refractivity contribution in [2.75, 3.05) is 91.4 Å². The predicted molar refractivity (Wildman–Crippen MR) is 138 cm³/mol. The molecule has 0 aromatic rings. The molecule has 184 valence electrons. The van der Waals surface area contributed by atoms with E-state index in [-0.39, 0.29) is 42.4 Å². The molecule has 0 radical (unpaired) electrons. The highest BCUT2D eigenvalue weighted by Crippen LogP contribution is 2.09. The Bertz CT molecular complexity index is 626. The van der Waals surface area contributed by atoms with Gasteiger partial charge in [-0.25, -0.2) is 8.42 Å². The van der Waals surface area contributed by atoms with Crippen LogP contribution in [-0.4, -0.2) is 131 Å². The second kappa shape index (κ2) is 14.8. The second-order valence-electron chi connectivity index (χ2n) is 8.36. The Hall–Kier alpha value is -0.210. The maximum atomic E-state index is 12.5. The summed E-state index contributed by atoms with van der Waals surface area (Å²) >= 11 is 0. The van der Waals surface area contributed by atoms with E-state index in [1.165, 1.54) is 13.0 Å². The van der Waals surface area contributed by atoms with Gasteiger partial charge >= 0.3 is 0 Å². The van der Waals surface area contributed by atoms with Gasteiger partial charge in [-0.1, -0.05) is 0 Å². The van der Waals surface area contributed by atoms with E-state index in [1.807, 2.05) is 13.8 Å². The van der Waals surface area contributed by atoms with Gasteiger partial charge in [0.25, 0.3) is 0 Å². The van der Waals surface area contributed by atoms with Crippen molar-refractivity contribution in [1.29, 1.82) is 0 Å². The zero-order valence-electron chi connectivity index (χ0n) is 19.8. The summed E-state index contributed by atoms with van der Waals surface area (Å²) in [5, 5.41) is 3.37. The van der Waals surface area contributed by atoms with Crippen LogP contribution in [0.3, 0.4) is 0 Å². The van der Waals surface area contributed by atoms with Crippen LogP contribution in [0.1, 0.15) is 27.2 Å². The van der Waals surface area contributed by atoms with Gasteiger partial charge in [0.2, 0.25) is 10.0 Å². The Kier molecular flexibility index (Phi) is 13.8. The predicted octanol–water partition coefficient (Wildman–Crippen LogP) is 0.580. The molecule has 2 fully saturated rings. The van der Waals surface area contributed by atoms with E-state index in [1.54, 1.807) is 4.31 Å². The first-order valence-corrected chi connectivity index (χ1v) is 13.0. The Morgan fingerprint density at radius 3 is 2.42 bits per heavy atom. The summed E-state index contributed by atoms with van der Waals surface area (Å²) in [5.74, 6) is 0.939. The summed E-state index contributed by atoms with van der Waals surface area (Å²) in [6.07, 6.45) is 1.25. The number of sulfonamides is 1. The molecule has 0 atom stereocenters. The van der Waals surface area contributed by atoms with E-state index < -0.39 is 10.0 Å². The van der Waals surface area contributed by atoms with Crippen LogP contribution >= 0.6 is 24.0 Å². The maximum Gasteiger partial charge on any atom is 0.216 e. The highest BCUT2D eigenvalue weighted by molar-refractivity contribution is 14.0. The first-order chi connectivity index (χ1) is 14.3. The van der Waals surface area contributed by atoms with Crippen LogP contribution in [0, 0.1) is 0 Å². The SMILES string of the molecule is CCNC(=NCCN1CCCN(C)CC1)N1CCN(S(=O)(=O)CCOC(C)C)CC1.I. The lowest BCUT2D eigenvalue weighted by molar-refractivity contribution is 0.0904. The third-order valence-corrected chi connectivity index (χ3v) is 7.38. The van der Waals surface area contributed by atoms with Crippen LogP contribution in [0.15, 0.2) is 4.99 Å². The lowest BCUT2D eigenvalue weighted by atomic mass is 10.4. The summed E-state index contributed by atoms with van der Waals surface area (Å²) in [6, 6.07) is 0. The molecule has 0 spiro atoms. The largest absolute Gasteiger partial charge is 0.378 e. The molecule has 1 N–H and O–H groups in total. The standard InChI is InChI=1S/C20H42N6O3S.HI/c1-5-21-20(22-7-10-24-9-6-8-23(4)11-12-24)25-13-15-26(16-14-25)30(27,28)18-17-29-19(2)3;/h19H,5-18H2,1-4H3,(H,21,22);1H. The van der Waals surface area contributed by atoms with Crippen molar-refractivity contribution in [3.8, 4) is 0 Å². The number of piperazine rings is 1. The fraction of sp³-hybridized carbons (Fsp3) is 0.950. The molecule has 2 aliphatic heterocycles. The number of nitrogens with one attached hydrogen (secondary N) is 1. The van der Waals surface area contributed by atoms with Gasteiger partial charge in [0.1, 0.15) is 0 Å². The van der Waals surface area contributed by atoms with E-state index in [0.717, 1.165) is 45.2 Å². The first kappa shape index (κ1) is 28.8. The average molecular weight is 575 g/mol. The molecule has 9 nitrogen and oxygen atoms in total. The highest BCUT2D eigenvalue weighted by Gasteiger charge is 2.28. The van der Waals surface area contributed by atoms with Gasteiger partial charge in [-0.3, -0.25) is 4.99 Å². The van der Waals surface area contributed by atoms with E-state index in [2.05, 4.69) is 34.0 Å². The Morgan fingerprint density at radius 1 is 1.06 bits per heavy atom. The van der Waals surface area contributed by atoms with E-state index in [0.29, 0.717) is 26.2 Å². The lowest BCUT2D eigenvalue weighted by Gasteiger charge is -2.36. The number of likely N-dealkylation sites (N-methyl/N-ethyl adjacent to an activating group) is 1. The van der Waals surface area contributed by atoms with Crippen molar-refractivity contribution in [3.63, 3.8) is 0 Å². The summed E-state index contributed by atoms with van der Waals surface area (Å²) in [6.45, 7) is 15.5. The minimum absolute atomic E-state index is 0. The van der Waals surface area contributed by atoms with Crippen LogP contribution in [0.4, 0.5) is 0 Å². The molecule has 11 heteroatoms. The van der Waals surface area contributed by atoms with Gasteiger partial charge in [0.05, 0.1) is 25.0 Å². The number of hydrogen-bond acceptors (Lipinski definition) is 6. The molecule has 0 aliphatic carbocycles. The number of hydrogen-bond donors (Lipinski definition) is 1. The molecular weight excluding hydrogens is 531 g/mol. The maximum absolute atomic E-state index is 12.5. The summed E-state index contributed by atoms with van der Waals surface area (Å²) < 4.78 is 32.1. The van der Waals surface area contributed by atoms with Crippen molar-refractivity contribution in [2.24, 2.45) is 4.99 Å². The summed E-state index contributed by atoms with van der Waals surface area (Å²) in [5.41, 5.74) is 0. The number of aliphatic imine (C=N–C) groups is 1. The minimum atomic E-state index is -3.27. The van der Waals surface area contributed by atoms with Crippen molar-refractivity contribution in [3.05, 3.63) is 0 Å². The summed E-state index contributed by atoms with van der Waals surface area (Å²) in [4.78, 5) is 11.9. The molecule has 2 aliphatic rings. The molecule has 2 saturated heterocycles. The monoisotopic (exact) mass is 574 g/mol.